The minimum absolute atomic E-state index is 0. The Kier molecular flexibility index (Phi) is 5.36. The van der Waals surface area contributed by atoms with Gasteiger partial charge in [-0.15, -0.1) is 24.0 Å². The van der Waals surface area contributed by atoms with Crippen molar-refractivity contribution in [3.05, 3.63) is 11.4 Å². The lowest BCUT2D eigenvalue weighted by atomic mass is 10.3. The number of nitrogens with two attached hydrogens (primary N) is 1. The quantitative estimate of drug-likeness (QED) is 0.494. The molecule has 6 nitrogen and oxygen atoms in total. The van der Waals surface area contributed by atoms with Crippen LogP contribution in [0.1, 0.15) is 31.2 Å². The summed E-state index contributed by atoms with van der Waals surface area (Å²) in [5, 5.41) is 8.63. The van der Waals surface area contributed by atoms with Gasteiger partial charge in [-0.05, 0) is 26.7 Å². The standard InChI is InChI=1S/C11H20N6.HI/c1-4-17-14-8(2)10(15-17)7-13-11(12)16(3)9-5-6-9;/h9H,4-7H2,1-3H3,(H2,12,13);1H. The average Bonchev–Trinajstić information content (AvgIpc) is 3.10. The summed E-state index contributed by atoms with van der Waals surface area (Å²) in [5.41, 5.74) is 7.75. The molecule has 0 aliphatic heterocycles. The number of hydrogen-bond acceptors (Lipinski definition) is 3. The molecule has 7 heteroatoms. The molecule has 1 aliphatic carbocycles. The van der Waals surface area contributed by atoms with E-state index in [1.807, 2.05) is 25.8 Å². The smallest absolute Gasteiger partial charge is 0.191 e. The number of halogens is 1. The van der Waals surface area contributed by atoms with Crippen LogP contribution in [0.2, 0.25) is 0 Å². The molecule has 102 valence electrons. The molecule has 2 rings (SSSR count). The van der Waals surface area contributed by atoms with Gasteiger partial charge in [0.05, 0.1) is 18.8 Å². The highest BCUT2D eigenvalue weighted by molar-refractivity contribution is 14.0. The van der Waals surface area contributed by atoms with Gasteiger partial charge in [-0.25, -0.2) is 4.99 Å². The van der Waals surface area contributed by atoms with E-state index in [2.05, 4.69) is 15.2 Å². The molecule has 2 N–H and O–H groups in total. The summed E-state index contributed by atoms with van der Waals surface area (Å²) in [5.74, 6) is 0.595. The van der Waals surface area contributed by atoms with Crippen LogP contribution in [0.25, 0.3) is 0 Å². The maximum Gasteiger partial charge on any atom is 0.191 e. The molecule has 1 aliphatic rings. The zero-order valence-electron chi connectivity index (χ0n) is 11.1. The molecule has 0 aromatic carbocycles. The van der Waals surface area contributed by atoms with Gasteiger partial charge in [0, 0.05) is 13.1 Å². The summed E-state index contributed by atoms with van der Waals surface area (Å²) in [4.78, 5) is 8.09. The second-order valence-electron chi connectivity index (χ2n) is 4.44. The zero-order chi connectivity index (χ0) is 12.4. The second kappa shape index (κ2) is 6.35. The Balaban J connectivity index is 0.00000162. The predicted octanol–water partition coefficient (Wildman–Crippen LogP) is 1.13. The Morgan fingerprint density at radius 3 is 2.67 bits per heavy atom. The van der Waals surface area contributed by atoms with Gasteiger partial charge in [0.25, 0.3) is 0 Å². The van der Waals surface area contributed by atoms with Crippen molar-refractivity contribution in [2.24, 2.45) is 10.7 Å². The number of nitrogens with zero attached hydrogens (tertiary/aromatic N) is 5. The van der Waals surface area contributed by atoms with Gasteiger partial charge >= 0.3 is 0 Å². The first-order valence-electron chi connectivity index (χ1n) is 6.05. The number of aliphatic imine (C=N–C) groups is 1. The molecule has 1 aromatic heterocycles. The summed E-state index contributed by atoms with van der Waals surface area (Å²) in [6.45, 7) is 5.25. The summed E-state index contributed by atoms with van der Waals surface area (Å²) in [6, 6.07) is 0.589. The van der Waals surface area contributed by atoms with E-state index >= 15 is 0 Å². The number of hydrogen-bond donors (Lipinski definition) is 1. The van der Waals surface area contributed by atoms with E-state index in [0.29, 0.717) is 18.5 Å². The van der Waals surface area contributed by atoms with E-state index in [1.165, 1.54) is 12.8 Å². The van der Waals surface area contributed by atoms with Gasteiger partial charge in [0.1, 0.15) is 5.69 Å². The van der Waals surface area contributed by atoms with Crippen LogP contribution in [0.3, 0.4) is 0 Å². The molecule has 1 heterocycles. The maximum atomic E-state index is 5.92. The lowest BCUT2D eigenvalue weighted by molar-refractivity contribution is 0.487. The third-order valence-corrected chi connectivity index (χ3v) is 3.05. The van der Waals surface area contributed by atoms with Crippen LogP contribution in [0.15, 0.2) is 4.99 Å². The summed E-state index contributed by atoms with van der Waals surface area (Å²) < 4.78 is 0. The highest BCUT2D eigenvalue weighted by Gasteiger charge is 2.27. The van der Waals surface area contributed by atoms with Crippen molar-refractivity contribution < 1.29 is 0 Å². The van der Waals surface area contributed by atoms with Crippen LogP contribution >= 0.6 is 24.0 Å². The Morgan fingerprint density at radius 2 is 2.17 bits per heavy atom. The summed E-state index contributed by atoms with van der Waals surface area (Å²) in [6.07, 6.45) is 2.44. The maximum absolute atomic E-state index is 5.92. The van der Waals surface area contributed by atoms with Crippen LogP contribution in [0, 0.1) is 6.92 Å². The monoisotopic (exact) mass is 364 g/mol. The molecular formula is C11H21IN6. The van der Waals surface area contributed by atoms with Gasteiger partial charge in [-0.2, -0.15) is 15.0 Å². The van der Waals surface area contributed by atoms with E-state index in [4.69, 9.17) is 5.73 Å². The third kappa shape index (κ3) is 3.56. The fourth-order valence-electron chi connectivity index (χ4n) is 1.67. The van der Waals surface area contributed by atoms with Crippen LogP contribution in [0.5, 0.6) is 0 Å². The highest BCUT2D eigenvalue weighted by Crippen LogP contribution is 2.24. The van der Waals surface area contributed by atoms with Gasteiger partial charge in [0.2, 0.25) is 0 Å². The van der Waals surface area contributed by atoms with Crippen molar-refractivity contribution in [1.82, 2.24) is 19.9 Å². The molecular weight excluding hydrogens is 343 g/mol. The lowest BCUT2D eigenvalue weighted by Gasteiger charge is -2.16. The number of guanidine groups is 1. The Labute approximate surface area is 125 Å². The Bertz CT molecular complexity index is 423. The fourth-order valence-corrected chi connectivity index (χ4v) is 1.67. The van der Waals surface area contributed by atoms with E-state index in [0.717, 1.165) is 17.9 Å². The van der Waals surface area contributed by atoms with E-state index in [1.54, 1.807) is 4.80 Å². The normalized spacial score (nSPS) is 15.4. The van der Waals surface area contributed by atoms with Crippen LogP contribution in [0.4, 0.5) is 0 Å². The predicted molar refractivity (Wildman–Crippen MR) is 82.0 cm³/mol. The molecule has 0 spiro atoms. The number of aryl methyl sites for hydroxylation is 2. The fraction of sp³-hybridized carbons (Fsp3) is 0.727. The molecule has 0 amide bonds. The number of rotatable bonds is 4. The zero-order valence-corrected chi connectivity index (χ0v) is 13.5. The van der Waals surface area contributed by atoms with E-state index in [-0.39, 0.29) is 24.0 Å². The minimum atomic E-state index is 0. The topological polar surface area (TPSA) is 72.3 Å². The largest absolute Gasteiger partial charge is 0.370 e. The summed E-state index contributed by atoms with van der Waals surface area (Å²) >= 11 is 0. The molecule has 0 saturated heterocycles. The molecule has 1 saturated carbocycles. The van der Waals surface area contributed by atoms with Crippen LogP contribution in [-0.4, -0.2) is 38.9 Å². The van der Waals surface area contributed by atoms with Gasteiger partial charge in [-0.3, -0.25) is 0 Å². The first-order valence-corrected chi connectivity index (χ1v) is 6.05. The molecule has 0 atom stereocenters. The van der Waals surface area contributed by atoms with E-state index < -0.39 is 0 Å². The highest BCUT2D eigenvalue weighted by atomic mass is 127. The minimum Gasteiger partial charge on any atom is -0.370 e. The SMILES string of the molecule is CCn1nc(C)c(CN=C(N)N(C)C2CC2)n1.I. The third-order valence-electron chi connectivity index (χ3n) is 3.05. The van der Waals surface area contributed by atoms with Crippen molar-refractivity contribution in [2.45, 2.75) is 45.8 Å². The number of aromatic nitrogens is 3. The van der Waals surface area contributed by atoms with Crippen LogP contribution in [-0.2, 0) is 13.1 Å². The average molecular weight is 364 g/mol. The van der Waals surface area contributed by atoms with Crippen molar-refractivity contribution in [1.29, 1.82) is 0 Å². The van der Waals surface area contributed by atoms with Crippen molar-refractivity contribution in [3.63, 3.8) is 0 Å². The molecule has 1 fully saturated rings. The second-order valence-corrected chi connectivity index (χ2v) is 4.44. The van der Waals surface area contributed by atoms with Crippen molar-refractivity contribution in [3.8, 4) is 0 Å². The molecule has 18 heavy (non-hydrogen) atoms. The lowest BCUT2D eigenvalue weighted by Crippen LogP contribution is -2.35. The van der Waals surface area contributed by atoms with Crippen LogP contribution < -0.4 is 5.73 Å². The first-order chi connectivity index (χ1) is 8.11. The van der Waals surface area contributed by atoms with E-state index in [9.17, 15) is 0 Å². The summed E-state index contributed by atoms with van der Waals surface area (Å²) in [7, 11) is 1.99. The van der Waals surface area contributed by atoms with Crippen molar-refractivity contribution >= 4 is 29.9 Å². The first kappa shape index (κ1) is 15.2. The van der Waals surface area contributed by atoms with Gasteiger partial charge in [0.15, 0.2) is 5.96 Å². The molecule has 0 radical (unpaired) electrons. The van der Waals surface area contributed by atoms with Gasteiger partial charge < -0.3 is 10.6 Å². The Hall–Kier alpha value is -0.860. The molecule has 0 unspecified atom stereocenters. The van der Waals surface area contributed by atoms with Crippen molar-refractivity contribution in [2.75, 3.05) is 7.05 Å². The molecule has 0 bridgehead atoms. The molecule has 1 aromatic rings. The van der Waals surface area contributed by atoms with Gasteiger partial charge in [-0.1, -0.05) is 0 Å². The Morgan fingerprint density at radius 1 is 1.50 bits per heavy atom.